The highest BCUT2D eigenvalue weighted by atomic mass is 35.5. The van der Waals surface area contributed by atoms with Gasteiger partial charge in [0, 0.05) is 11.1 Å². The minimum Gasteiger partial charge on any atom is -0.481 e. The molecule has 0 bridgehead atoms. The summed E-state index contributed by atoms with van der Waals surface area (Å²) in [5.41, 5.74) is 0.932. The Kier molecular flexibility index (Phi) is 5.48. The van der Waals surface area contributed by atoms with E-state index in [1.165, 1.54) is 0 Å². The summed E-state index contributed by atoms with van der Waals surface area (Å²) in [6, 6.07) is 5.66. The van der Waals surface area contributed by atoms with E-state index in [2.05, 4.69) is 17.3 Å². The van der Waals surface area contributed by atoms with Crippen LogP contribution in [-0.2, 0) is 4.79 Å². The maximum absolute atomic E-state index is 12.2. The lowest BCUT2D eigenvalue weighted by atomic mass is 10.1. The second-order valence-electron chi connectivity index (χ2n) is 5.76. The molecule has 1 aromatic carbocycles. The van der Waals surface area contributed by atoms with Gasteiger partial charge in [-0.25, -0.2) is 0 Å². The number of rotatable bonds is 4. The minimum absolute atomic E-state index is 0.0566. The first-order valence-electron chi connectivity index (χ1n) is 7.37. The molecule has 1 aliphatic rings. The highest BCUT2D eigenvalue weighted by Gasteiger charge is 2.22. The summed E-state index contributed by atoms with van der Waals surface area (Å²) < 4.78 is 5.74. The van der Waals surface area contributed by atoms with E-state index in [0.717, 1.165) is 31.5 Å². The van der Waals surface area contributed by atoms with Crippen molar-refractivity contribution in [1.29, 1.82) is 0 Å². The standard InChI is InChI=1S/C16H23ClN2O2/c1-11-10-13(17)4-5-15(11)21-12(2)16(20)18-14-6-8-19(3)9-7-14/h4-5,10,12,14H,6-9H2,1-3H3,(H,18,20). The second-order valence-corrected chi connectivity index (χ2v) is 6.19. The first-order chi connectivity index (χ1) is 9.95. The first-order valence-corrected chi connectivity index (χ1v) is 7.75. The highest BCUT2D eigenvalue weighted by Crippen LogP contribution is 2.23. The molecule has 1 amide bonds. The van der Waals surface area contributed by atoms with Gasteiger partial charge in [0.05, 0.1) is 0 Å². The molecule has 1 aliphatic heterocycles. The van der Waals surface area contributed by atoms with E-state index in [1.807, 2.05) is 13.0 Å². The molecule has 4 nitrogen and oxygen atoms in total. The lowest BCUT2D eigenvalue weighted by Gasteiger charge is -2.30. The molecular formula is C16H23ClN2O2. The summed E-state index contributed by atoms with van der Waals surface area (Å²) in [6.45, 7) is 5.74. The number of ether oxygens (including phenoxy) is 1. The fourth-order valence-electron chi connectivity index (χ4n) is 2.46. The topological polar surface area (TPSA) is 41.6 Å². The number of nitrogens with one attached hydrogen (secondary N) is 1. The molecule has 1 atom stereocenters. The zero-order valence-corrected chi connectivity index (χ0v) is 13.6. The summed E-state index contributed by atoms with van der Waals surface area (Å²) in [7, 11) is 2.10. The normalized spacial score (nSPS) is 18.3. The van der Waals surface area contributed by atoms with Crippen LogP contribution in [0.2, 0.25) is 5.02 Å². The molecule has 1 saturated heterocycles. The Morgan fingerprint density at radius 3 is 2.71 bits per heavy atom. The Hall–Kier alpha value is -1.26. The van der Waals surface area contributed by atoms with Crippen LogP contribution in [0.15, 0.2) is 18.2 Å². The first kappa shape index (κ1) is 16.1. The van der Waals surface area contributed by atoms with Crippen molar-refractivity contribution in [3.63, 3.8) is 0 Å². The van der Waals surface area contributed by atoms with Gasteiger partial charge < -0.3 is 15.0 Å². The molecule has 116 valence electrons. The van der Waals surface area contributed by atoms with E-state index < -0.39 is 6.10 Å². The van der Waals surface area contributed by atoms with Crippen molar-refractivity contribution in [2.45, 2.75) is 38.8 Å². The lowest BCUT2D eigenvalue weighted by Crippen LogP contribution is -2.47. The van der Waals surface area contributed by atoms with Crippen LogP contribution in [0.3, 0.4) is 0 Å². The maximum atomic E-state index is 12.2. The molecule has 1 N–H and O–H groups in total. The molecule has 0 aromatic heterocycles. The van der Waals surface area contributed by atoms with E-state index >= 15 is 0 Å². The molecular weight excluding hydrogens is 288 g/mol. The van der Waals surface area contributed by atoms with Crippen molar-refractivity contribution < 1.29 is 9.53 Å². The van der Waals surface area contributed by atoms with Crippen molar-refractivity contribution in [3.8, 4) is 5.75 Å². The third-order valence-electron chi connectivity index (χ3n) is 3.87. The molecule has 0 saturated carbocycles. The van der Waals surface area contributed by atoms with Gasteiger partial charge in [-0.3, -0.25) is 4.79 Å². The molecule has 2 rings (SSSR count). The predicted octanol–water partition coefficient (Wildman–Crippen LogP) is 2.63. The highest BCUT2D eigenvalue weighted by molar-refractivity contribution is 6.30. The number of piperidine rings is 1. The number of carbonyl (C=O) groups excluding carboxylic acids is 1. The Morgan fingerprint density at radius 2 is 2.10 bits per heavy atom. The van der Waals surface area contributed by atoms with Crippen LogP contribution >= 0.6 is 11.6 Å². The molecule has 0 aliphatic carbocycles. The van der Waals surface area contributed by atoms with Crippen LogP contribution in [0.25, 0.3) is 0 Å². The number of amides is 1. The van der Waals surface area contributed by atoms with Gasteiger partial charge in [0.1, 0.15) is 5.75 Å². The van der Waals surface area contributed by atoms with E-state index in [4.69, 9.17) is 16.3 Å². The molecule has 5 heteroatoms. The second kappa shape index (κ2) is 7.14. The zero-order valence-electron chi connectivity index (χ0n) is 12.9. The van der Waals surface area contributed by atoms with Gasteiger partial charge in [0.25, 0.3) is 5.91 Å². The van der Waals surface area contributed by atoms with Crippen LogP contribution in [0, 0.1) is 6.92 Å². The van der Waals surface area contributed by atoms with Gasteiger partial charge in [-0.1, -0.05) is 11.6 Å². The fraction of sp³-hybridized carbons (Fsp3) is 0.562. The van der Waals surface area contributed by atoms with Crippen LogP contribution in [0.5, 0.6) is 5.75 Å². The van der Waals surface area contributed by atoms with Crippen LogP contribution in [0.4, 0.5) is 0 Å². The molecule has 1 aromatic rings. The molecule has 1 fully saturated rings. The minimum atomic E-state index is -0.510. The third kappa shape index (κ3) is 4.61. The average molecular weight is 311 g/mol. The summed E-state index contributed by atoms with van der Waals surface area (Å²) in [4.78, 5) is 14.5. The quantitative estimate of drug-likeness (QED) is 0.929. The molecule has 1 heterocycles. The Morgan fingerprint density at radius 1 is 1.43 bits per heavy atom. The van der Waals surface area contributed by atoms with Gasteiger partial charge in [-0.15, -0.1) is 0 Å². The molecule has 0 spiro atoms. The number of halogens is 1. The van der Waals surface area contributed by atoms with Gasteiger partial charge in [0.2, 0.25) is 0 Å². The lowest BCUT2D eigenvalue weighted by molar-refractivity contribution is -0.128. The molecule has 1 unspecified atom stereocenters. The third-order valence-corrected chi connectivity index (χ3v) is 4.11. The van der Waals surface area contributed by atoms with Gasteiger partial charge >= 0.3 is 0 Å². The van der Waals surface area contributed by atoms with Crippen LogP contribution in [-0.4, -0.2) is 43.1 Å². The van der Waals surface area contributed by atoms with Crippen molar-refractivity contribution in [2.75, 3.05) is 20.1 Å². The molecule has 21 heavy (non-hydrogen) atoms. The smallest absolute Gasteiger partial charge is 0.260 e. The van der Waals surface area contributed by atoms with E-state index in [-0.39, 0.29) is 11.9 Å². The number of hydrogen-bond acceptors (Lipinski definition) is 3. The number of aryl methyl sites for hydroxylation is 1. The van der Waals surface area contributed by atoms with Gasteiger partial charge in [-0.05, 0) is 70.6 Å². The van der Waals surface area contributed by atoms with Crippen LogP contribution in [0.1, 0.15) is 25.3 Å². The van der Waals surface area contributed by atoms with E-state index in [9.17, 15) is 4.79 Å². The predicted molar refractivity (Wildman–Crippen MR) is 84.9 cm³/mol. The molecule has 0 radical (unpaired) electrons. The van der Waals surface area contributed by atoms with Gasteiger partial charge in [0.15, 0.2) is 6.10 Å². The van der Waals surface area contributed by atoms with Gasteiger partial charge in [-0.2, -0.15) is 0 Å². The number of likely N-dealkylation sites (tertiary alicyclic amines) is 1. The summed E-state index contributed by atoms with van der Waals surface area (Å²) in [5.74, 6) is 0.643. The maximum Gasteiger partial charge on any atom is 0.260 e. The van der Waals surface area contributed by atoms with E-state index in [1.54, 1.807) is 19.1 Å². The average Bonchev–Trinajstić information content (AvgIpc) is 2.44. The van der Waals surface area contributed by atoms with Crippen molar-refractivity contribution in [3.05, 3.63) is 28.8 Å². The Bertz CT molecular complexity index is 499. The fourth-order valence-corrected chi connectivity index (χ4v) is 2.69. The summed E-state index contributed by atoms with van der Waals surface area (Å²) in [5, 5.41) is 3.74. The van der Waals surface area contributed by atoms with Crippen LogP contribution < -0.4 is 10.1 Å². The van der Waals surface area contributed by atoms with E-state index in [0.29, 0.717) is 10.8 Å². The Balaban J connectivity index is 1.87. The van der Waals surface area contributed by atoms with Crippen molar-refractivity contribution in [1.82, 2.24) is 10.2 Å². The number of hydrogen-bond donors (Lipinski definition) is 1. The zero-order chi connectivity index (χ0) is 15.4. The Labute approximate surface area is 131 Å². The monoisotopic (exact) mass is 310 g/mol. The SMILES string of the molecule is Cc1cc(Cl)ccc1OC(C)C(=O)NC1CCN(C)CC1. The van der Waals surface area contributed by atoms with Crippen molar-refractivity contribution >= 4 is 17.5 Å². The number of benzene rings is 1. The number of carbonyl (C=O) groups is 1. The summed E-state index contributed by atoms with van der Waals surface area (Å²) in [6.07, 6.45) is 1.48. The summed E-state index contributed by atoms with van der Waals surface area (Å²) >= 11 is 5.92. The van der Waals surface area contributed by atoms with Crippen molar-refractivity contribution in [2.24, 2.45) is 0 Å². The largest absolute Gasteiger partial charge is 0.481 e. The number of nitrogens with zero attached hydrogens (tertiary/aromatic N) is 1.